The van der Waals surface area contributed by atoms with Gasteiger partial charge in [-0.1, -0.05) is 33.6 Å². The van der Waals surface area contributed by atoms with Gasteiger partial charge in [0.05, 0.1) is 6.61 Å². The van der Waals surface area contributed by atoms with E-state index in [1.807, 2.05) is 0 Å². The highest BCUT2D eigenvalue weighted by atomic mass is 28.4. The van der Waals surface area contributed by atoms with Gasteiger partial charge in [0, 0.05) is 12.0 Å². The number of aliphatic hydroxyl groups is 1. The van der Waals surface area contributed by atoms with Crippen molar-refractivity contribution in [1.29, 1.82) is 0 Å². The van der Waals surface area contributed by atoms with Gasteiger partial charge in [-0.3, -0.25) is 0 Å². The van der Waals surface area contributed by atoms with Crippen molar-refractivity contribution in [3.05, 3.63) is 0 Å². The highest BCUT2D eigenvalue weighted by Gasteiger charge is 2.41. The van der Waals surface area contributed by atoms with Crippen LogP contribution in [-0.2, 0) is 4.43 Å². The van der Waals surface area contributed by atoms with Crippen LogP contribution in [0.25, 0.3) is 0 Å². The van der Waals surface area contributed by atoms with E-state index in [1.54, 1.807) is 0 Å². The molecule has 0 aromatic heterocycles. The quantitative estimate of drug-likeness (QED) is 0.766. The Morgan fingerprint density at radius 1 is 1.19 bits per heavy atom. The van der Waals surface area contributed by atoms with Crippen LogP contribution in [0, 0.1) is 5.41 Å². The van der Waals surface area contributed by atoms with E-state index in [9.17, 15) is 5.11 Å². The third-order valence-electron chi connectivity index (χ3n) is 4.55. The lowest BCUT2D eigenvalue weighted by Gasteiger charge is -2.39. The predicted octanol–water partition coefficient (Wildman–Crippen LogP) is 3.56. The monoisotopic (exact) mass is 244 g/mol. The molecule has 96 valence electrons. The molecule has 0 aliphatic heterocycles. The number of aliphatic hydroxyl groups excluding tert-OH is 1. The molecule has 0 aromatic carbocycles. The Kier molecular flexibility index (Phi) is 4.25. The summed E-state index contributed by atoms with van der Waals surface area (Å²) in [5.41, 5.74) is 0.0789. The molecule has 1 rings (SSSR count). The summed E-state index contributed by atoms with van der Waals surface area (Å²) in [5.74, 6) is 0. The Balaban J connectivity index is 2.56. The van der Waals surface area contributed by atoms with E-state index in [4.69, 9.17) is 4.43 Å². The molecule has 0 heterocycles. The van der Waals surface area contributed by atoms with Gasteiger partial charge in [0.15, 0.2) is 8.32 Å². The summed E-state index contributed by atoms with van der Waals surface area (Å²) >= 11 is 0. The topological polar surface area (TPSA) is 29.5 Å². The van der Waals surface area contributed by atoms with Crippen LogP contribution in [0.5, 0.6) is 0 Å². The third-order valence-corrected chi connectivity index (χ3v) is 9.02. The molecule has 0 radical (unpaired) electrons. The summed E-state index contributed by atoms with van der Waals surface area (Å²) in [4.78, 5) is 0. The molecule has 0 atom stereocenters. The largest absolute Gasteiger partial charge is 0.416 e. The van der Waals surface area contributed by atoms with E-state index < -0.39 is 8.32 Å². The Morgan fingerprint density at radius 3 is 2.06 bits per heavy atom. The van der Waals surface area contributed by atoms with Crippen LogP contribution in [-0.4, -0.2) is 26.6 Å². The van der Waals surface area contributed by atoms with Gasteiger partial charge in [-0.2, -0.15) is 0 Å². The molecular formula is C13H28O2Si. The smallest absolute Gasteiger partial charge is 0.192 e. The highest BCUT2D eigenvalue weighted by Crippen LogP contribution is 2.42. The summed E-state index contributed by atoms with van der Waals surface area (Å²) in [5, 5.41) is 9.82. The zero-order valence-corrected chi connectivity index (χ0v) is 12.6. The minimum absolute atomic E-state index is 0.0789. The van der Waals surface area contributed by atoms with Gasteiger partial charge in [-0.15, -0.1) is 0 Å². The Labute approximate surface area is 102 Å². The van der Waals surface area contributed by atoms with Crippen molar-refractivity contribution in [3.63, 3.8) is 0 Å². The van der Waals surface area contributed by atoms with Crippen molar-refractivity contribution in [2.45, 2.75) is 64.6 Å². The molecule has 0 spiro atoms. The maximum atomic E-state index is 9.55. The second-order valence-corrected chi connectivity index (χ2v) is 11.7. The van der Waals surface area contributed by atoms with E-state index in [0.29, 0.717) is 6.61 Å². The molecule has 16 heavy (non-hydrogen) atoms. The average molecular weight is 244 g/mol. The lowest BCUT2D eigenvalue weighted by atomic mass is 9.89. The van der Waals surface area contributed by atoms with Gasteiger partial charge < -0.3 is 9.53 Å². The van der Waals surface area contributed by atoms with Crippen molar-refractivity contribution < 1.29 is 9.53 Å². The van der Waals surface area contributed by atoms with E-state index in [1.165, 1.54) is 12.8 Å². The molecule has 2 nitrogen and oxygen atoms in total. The second-order valence-electron chi connectivity index (χ2n) is 6.91. The molecule has 0 unspecified atom stereocenters. The summed E-state index contributed by atoms with van der Waals surface area (Å²) in [6.45, 7) is 12.4. The fourth-order valence-electron chi connectivity index (χ4n) is 2.02. The Bertz CT molecular complexity index is 223. The van der Waals surface area contributed by atoms with Crippen molar-refractivity contribution in [1.82, 2.24) is 0 Å². The molecule has 1 aliphatic carbocycles. The van der Waals surface area contributed by atoms with Crippen molar-refractivity contribution in [2.24, 2.45) is 5.41 Å². The Hall–Kier alpha value is 0.137. The first-order valence-corrected chi connectivity index (χ1v) is 9.38. The second kappa shape index (κ2) is 4.79. The summed E-state index contributed by atoms with van der Waals surface area (Å²) < 4.78 is 6.25. The molecule has 1 N–H and O–H groups in total. The van der Waals surface area contributed by atoms with Crippen LogP contribution < -0.4 is 0 Å². The lowest BCUT2D eigenvalue weighted by Crippen LogP contribution is -2.44. The molecule has 0 bridgehead atoms. The van der Waals surface area contributed by atoms with Gasteiger partial charge >= 0.3 is 0 Å². The van der Waals surface area contributed by atoms with Gasteiger partial charge in [0.25, 0.3) is 0 Å². The number of hydrogen-bond acceptors (Lipinski definition) is 2. The van der Waals surface area contributed by atoms with Crippen molar-refractivity contribution >= 4 is 8.32 Å². The molecule has 0 amide bonds. The lowest BCUT2D eigenvalue weighted by molar-refractivity contribution is 0.0654. The van der Waals surface area contributed by atoms with Gasteiger partial charge in [-0.25, -0.2) is 0 Å². The van der Waals surface area contributed by atoms with Crippen LogP contribution in [0.4, 0.5) is 0 Å². The van der Waals surface area contributed by atoms with Crippen LogP contribution in [0.3, 0.4) is 0 Å². The molecule has 1 aliphatic rings. The SMILES string of the molecule is CC(C)(C)[Si](C)(C)OCC1(CO)CCCC1. The average Bonchev–Trinajstić information content (AvgIpc) is 2.62. The van der Waals surface area contributed by atoms with E-state index >= 15 is 0 Å². The number of rotatable bonds is 4. The van der Waals surface area contributed by atoms with Crippen molar-refractivity contribution in [2.75, 3.05) is 13.2 Å². The number of hydrogen-bond donors (Lipinski definition) is 1. The molecule has 1 fully saturated rings. The standard InChI is InChI=1S/C13H28O2Si/c1-12(2,3)16(4,5)15-11-13(10-14)8-6-7-9-13/h14H,6-11H2,1-5H3. The van der Waals surface area contributed by atoms with Crippen LogP contribution >= 0.6 is 0 Å². The fraction of sp³-hybridized carbons (Fsp3) is 1.00. The van der Waals surface area contributed by atoms with Gasteiger partial charge in [0.2, 0.25) is 0 Å². The minimum atomic E-state index is -1.65. The summed E-state index contributed by atoms with van der Waals surface area (Å²) in [7, 11) is -1.65. The zero-order valence-electron chi connectivity index (χ0n) is 11.6. The summed E-state index contributed by atoms with van der Waals surface area (Å²) in [6.07, 6.45) is 4.78. The van der Waals surface area contributed by atoms with Crippen LogP contribution in [0.1, 0.15) is 46.5 Å². The first-order valence-electron chi connectivity index (χ1n) is 6.47. The fourth-order valence-corrected chi connectivity index (χ4v) is 3.12. The molecule has 0 saturated heterocycles. The predicted molar refractivity (Wildman–Crippen MR) is 71.1 cm³/mol. The van der Waals surface area contributed by atoms with E-state index in [-0.39, 0.29) is 10.5 Å². The van der Waals surface area contributed by atoms with Crippen molar-refractivity contribution in [3.8, 4) is 0 Å². The molecule has 3 heteroatoms. The summed E-state index contributed by atoms with van der Waals surface area (Å²) in [6, 6.07) is 0. The van der Waals surface area contributed by atoms with Gasteiger partial charge in [0.1, 0.15) is 0 Å². The maximum Gasteiger partial charge on any atom is 0.192 e. The minimum Gasteiger partial charge on any atom is -0.416 e. The highest BCUT2D eigenvalue weighted by molar-refractivity contribution is 6.74. The normalized spacial score (nSPS) is 21.4. The van der Waals surface area contributed by atoms with Gasteiger partial charge in [-0.05, 0) is 31.0 Å². The third kappa shape index (κ3) is 3.08. The van der Waals surface area contributed by atoms with E-state index in [0.717, 1.165) is 19.4 Å². The molecule has 0 aromatic rings. The maximum absolute atomic E-state index is 9.55. The van der Waals surface area contributed by atoms with Crippen LogP contribution in [0.15, 0.2) is 0 Å². The van der Waals surface area contributed by atoms with Crippen LogP contribution in [0.2, 0.25) is 18.1 Å². The first kappa shape index (κ1) is 14.2. The molecular weight excluding hydrogens is 216 g/mol. The van der Waals surface area contributed by atoms with E-state index in [2.05, 4.69) is 33.9 Å². The Morgan fingerprint density at radius 2 is 1.69 bits per heavy atom. The zero-order chi connectivity index (χ0) is 12.4. The first-order chi connectivity index (χ1) is 7.22. The molecule has 1 saturated carbocycles.